The van der Waals surface area contributed by atoms with Gasteiger partial charge in [-0.3, -0.25) is 15.0 Å². The molecule has 2 heterocycles. The summed E-state index contributed by atoms with van der Waals surface area (Å²) in [5.41, 5.74) is 10.5. The van der Waals surface area contributed by atoms with Crippen molar-refractivity contribution >= 4 is 29.8 Å². The molecule has 0 radical (unpaired) electrons. The third-order valence-corrected chi connectivity index (χ3v) is 11.4. The van der Waals surface area contributed by atoms with Gasteiger partial charge in [0.2, 0.25) is 0 Å². The minimum absolute atomic E-state index is 0.372. The van der Waals surface area contributed by atoms with E-state index in [2.05, 4.69) is 144 Å². The van der Waals surface area contributed by atoms with Crippen LogP contribution in [0.1, 0.15) is 54.4 Å². The first-order chi connectivity index (χ1) is 33.4. The first-order valence-corrected chi connectivity index (χ1v) is 22.6. The lowest BCUT2D eigenvalue weighted by atomic mass is 9.63. The number of fused-ring (bicyclic) bond motifs is 2. The standard InChI is InChI=1S/C61H52N6O/c1-6-9-11-21-28-58-65-59(48-22-15-12-16-23-48)67-60(66-58)49-33-31-47(32-34-49)50-35-38-55-57(42-50)68-56-41-46(29-36-53(43-62-40-10-7-2)64-45(5)44(4)63-39-8-3)30-37-54(56)61(55,51-24-17-13-18-25-51)52-26-19-14-20-27-52/h6-42H,1,5,43H2,2-4H3/b10-7-,11-9-,28-21+,36-29+,39-8-,62-40?,63-44?,64-53?. The summed E-state index contributed by atoms with van der Waals surface area (Å²) in [6, 6.07) is 52.7. The second kappa shape index (κ2) is 22.0. The summed E-state index contributed by atoms with van der Waals surface area (Å²) in [6.07, 6.45) is 22.5. The second-order valence-corrected chi connectivity index (χ2v) is 15.9. The van der Waals surface area contributed by atoms with E-state index in [4.69, 9.17) is 24.7 Å². The van der Waals surface area contributed by atoms with Crippen molar-refractivity contribution in [2.75, 3.05) is 6.54 Å². The highest BCUT2D eigenvalue weighted by molar-refractivity contribution is 6.06. The molecule has 1 aromatic heterocycles. The van der Waals surface area contributed by atoms with Gasteiger partial charge < -0.3 is 4.74 Å². The molecule has 0 saturated carbocycles. The summed E-state index contributed by atoms with van der Waals surface area (Å²) in [5, 5.41) is 0. The van der Waals surface area contributed by atoms with Crippen molar-refractivity contribution in [2.24, 2.45) is 15.0 Å². The van der Waals surface area contributed by atoms with E-state index in [1.54, 1.807) is 18.5 Å². The van der Waals surface area contributed by atoms with Crippen molar-refractivity contribution in [3.63, 3.8) is 0 Å². The van der Waals surface area contributed by atoms with Crippen molar-refractivity contribution in [1.82, 2.24) is 15.0 Å². The van der Waals surface area contributed by atoms with Crippen LogP contribution in [0.2, 0.25) is 0 Å². The molecule has 0 saturated heterocycles. The Kier molecular flexibility index (Phi) is 14.8. The number of aliphatic imine (C=N–C) groups is 3. The molecule has 0 aliphatic carbocycles. The molecule has 8 rings (SSSR count). The fourth-order valence-electron chi connectivity index (χ4n) is 8.10. The molecule has 0 unspecified atom stereocenters. The number of aromatic nitrogens is 3. The average Bonchev–Trinajstić information content (AvgIpc) is 3.39. The van der Waals surface area contributed by atoms with E-state index in [0.717, 1.165) is 73.0 Å². The molecule has 0 fully saturated rings. The number of rotatable bonds is 16. The zero-order chi connectivity index (χ0) is 47.1. The van der Waals surface area contributed by atoms with E-state index >= 15 is 0 Å². The van der Waals surface area contributed by atoms with Crippen LogP contribution in [0.4, 0.5) is 0 Å². The van der Waals surface area contributed by atoms with Crippen molar-refractivity contribution in [3.05, 3.63) is 259 Å². The Balaban J connectivity index is 1.20. The first-order valence-electron chi connectivity index (χ1n) is 22.6. The Morgan fingerprint density at radius 3 is 1.87 bits per heavy atom. The van der Waals surface area contributed by atoms with Crippen LogP contribution in [-0.4, -0.2) is 39.1 Å². The number of benzene rings is 6. The molecule has 7 heteroatoms. The smallest absolute Gasteiger partial charge is 0.164 e. The number of allylic oxidation sites excluding steroid dienone is 8. The number of hydrogen-bond acceptors (Lipinski definition) is 7. The van der Waals surface area contributed by atoms with Crippen LogP contribution < -0.4 is 4.74 Å². The molecule has 1 aliphatic rings. The lowest BCUT2D eigenvalue weighted by Gasteiger charge is -2.41. The van der Waals surface area contributed by atoms with Gasteiger partial charge in [0.15, 0.2) is 17.5 Å². The predicted octanol–water partition coefficient (Wildman–Crippen LogP) is 14.7. The molecule has 7 nitrogen and oxygen atoms in total. The molecule has 0 atom stereocenters. The highest BCUT2D eigenvalue weighted by Gasteiger charge is 2.45. The summed E-state index contributed by atoms with van der Waals surface area (Å²) < 4.78 is 7.04. The van der Waals surface area contributed by atoms with Gasteiger partial charge in [0.25, 0.3) is 0 Å². The summed E-state index contributed by atoms with van der Waals surface area (Å²) in [6.45, 7) is 14.1. The summed E-state index contributed by atoms with van der Waals surface area (Å²) >= 11 is 0. The van der Waals surface area contributed by atoms with E-state index in [1.165, 1.54) is 0 Å². The lowest BCUT2D eigenvalue weighted by Crippen LogP contribution is -2.34. The zero-order valence-electron chi connectivity index (χ0n) is 38.6. The molecule has 332 valence electrons. The average molecular weight is 885 g/mol. The maximum absolute atomic E-state index is 7.04. The fraction of sp³-hybridized carbons (Fsp3) is 0.0820. The number of hydrogen-bond donors (Lipinski definition) is 0. The molecular weight excluding hydrogens is 833 g/mol. The zero-order valence-corrected chi connectivity index (χ0v) is 38.6. The molecular formula is C61H52N6O. The molecule has 68 heavy (non-hydrogen) atoms. The van der Waals surface area contributed by atoms with Crippen molar-refractivity contribution in [2.45, 2.75) is 26.2 Å². The van der Waals surface area contributed by atoms with Gasteiger partial charge in [-0.1, -0.05) is 195 Å². The maximum atomic E-state index is 7.04. The second-order valence-electron chi connectivity index (χ2n) is 15.9. The van der Waals surface area contributed by atoms with Crippen LogP contribution in [0.25, 0.3) is 46.1 Å². The molecule has 0 amide bonds. The summed E-state index contributed by atoms with van der Waals surface area (Å²) in [5.74, 6) is 3.28. The number of ether oxygens (including phenoxy) is 1. The monoisotopic (exact) mass is 884 g/mol. The van der Waals surface area contributed by atoms with Crippen molar-refractivity contribution < 1.29 is 4.74 Å². The van der Waals surface area contributed by atoms with Crippen molar-refractivity contribution in [1.29, 1.82) is 0 Å². The van der Waals surface area contributed by atoms with Crippen LogP contribution in [0.15, 0.2) is 240 Å². The summed E-state index contributed by atoms with van der Waals surface area (Å²) in [7, 11) is 0. The molecule has 1 aliphatic heterocycles. The first kappa shape index (κ1) is 45.9. The van der Waals surface area contributed by atoms with Gasteiger partial charge >= 0.3 is 0 Å². The largest absolute Gasteiger partial charge is 0.457 e. The normalized spacial score (nSPS) is 13.8. The van der Waals surface area contributed by atoms with Crippen LogP contribution in [0.3, 0.4) is 0 Å². The van der Waals surface area contributed by atoms with E-state index in [1.807, 2.05) is 106 Å². The van der Waals surface area contributed by atoms with Gasteiger partial charge in [-0.2, -0.15) is 0 Å². The highest BCUT2D eigenvalue weighted by atomic mass is 16.5. The van der Waals surface area contributed by atoms with Crippen LogP contribution in [0.5, 0.6) is 11.5 Å². The van der Waals surface area contributed by atoms with Crippen LogP contribution in [-0.2, 0) is 5.41 Å². The Labute approximate surface area is 399 Å². The Bertz CT molecular complexity index is 3120. The summed E-state index contributed by atoms with van der Waals surface area (Å²) in [4.78, 5) is 28.4. The van der Waals surface area contributed by atoms with E-state index in [9.17, 15) is 0 Å². The van der Waals surface area contributed by atoms with Gasteiger partial charge in [-0.05, 0) is 78.9 Å². The van der Waals surface area contributed by atoms with Gasteiger partial charge in [-0.25, -0.2) is 15.0 Å². The third kappa shape index (κ3) is 10.4. The Morgan fingerprint density at radius 1 is 0.618 bits per heavy atom. The molecule has 7 aromatic rings. The quantitative estimate of drug-likeness (QED) is 0.0714. The topological polar surface area (TPSA) is 85.0 Å². The molecule has 6 aromatic carbocycles. The van der Waals surface area contributed by atoms with Gasteiger partial charge in [0.1, 0.15) is 11.5 Å². The predicted molar refractivity (Wildman–Crippen MR) is 285 cm³/mol. The van der Waals surface area contributed by atoms with Crippen LogP contribution >= 0.6 is 0 Å². The minimum Gasteiger partial charge on any atom is -0.457 e. The van der Waals surface area contributed by atoms with E-state index in [-0.39, 0.29) is 0 Å². The van der Waals surface area contributed by atoms with Crippen molar-refractivity contribution in [3.8, 4) is 45.4 Å². The van der Waals surface area contributed by atoms with E-state index < -0.39 is 5.41 Å². The van der Waals surface area contributed by atoms with Gasteiger partial charge in [0.05, 0.1) is 29.1 Å². The number of nitrogens with zero attached hydrogens (tertiary/aromatic N) is 6. The Hall–Kier alpha value is -8.68. The lowest BCUT2D eigenvalue weighted by molar-refractivity contribution is 0.434. The molecule has 0 bridgehead atoms. The Morgan fingerprint density at radius 2 is 1.22 bits per heavy atom. The highest BCUT2D eigenvalue weighted by Crippen LogP contribution is 2.56. The van der Waals surface area contributed by atoms with E-state index in [0.29, 0.717) is 29.7 Å². The third-order valence-electron chi connectivity index (χ3n) is 11.4. The SMILES string of the molecule is C=C/C=C\C=C\c1nc(-c2ccccc2)nc(-c2ccc(-c3ccc4c(c3)Oc3cc(/C=C/C(CN=C/C=C\C)=NC(=C)C(C)=N/C=C\C)ccc3C4(c3ccccc3)c3ccccc3)cc2)n1. The van der Waals surface area contributed by atoms with Crippen LogP contribution in [0, 0.1) is 0 Å². The minimum atomic E-state index is -0.686. The molecule has 0 spiro atoms. The fourth-order valence-corrected chi connectivity index (χ4v) is 8.10. The molecule has 0 N–H and O–H groups in total. The van der Waals surface area contributed by atoms with Gasteiger partial charge in [-0.15, -0.1) is 0 Å². The van der Waals surface area contributed by atoms with Gasteiger partial charge in [0, 0.05) is 34.7 Å². The maximum Gasteiger partial charge on any atom is 0.164 e.